The SMILES string of the molecule is OC(O)(O)CCC(CCCS)(CCCS)CCCS. The molecule has 0 spiro atoms. The molecule has 0 heterocycles. The molecule has 0 unspecified atom stereocenters. The van der Waals surface area contributed by atoms with E-state index >= 15 is 0 Å². The van der Waals surface area contributed by atoms with Gasteiger partial charge in [0, 0.05) is 6.42 Å². The van der Waals surface area contributed by atoms with E-state index in [1.54, 1.807) is 0 Å². The van der Waals surface area contributed by atoms with Crippen LogP contribution in [-0.2, 0) is 0 Å². The van der Waals surface area contributed by atoms with E-state index in [1.165, 1.54) is 0 Å². The maximum absolute atomic E-state index is 9.12. The van der Waals surface area contributed by atoms with E-state index in [1.807, 2.05) is 0 Å². The number of hydrogen-bond acceptors (Lipinski definition) is 6. The van der Waals surface area contributed by atoms with Crippen molar-refractivity contribution in [3.63, 3.8) is 0 Å². The Balaban J connectivity index is 4.66. The topological polar surface area (TPSA) is 60.7 Å². The van der Waals surface area contributed by atoms with Crippen LogP contribution in [0.4, 0.5) is 0 Å². The third-order valence-corrected chi connectivity index (χ3v) is 4.54. The lowest BCUT2D eigenvalue weighted by molar-refractivity contribution is -0.317. The van der Waals surface area contributed by atoms with Crippen LogP contribution in [0.25, 0.3) is 0 Å². The highest BCUT2D eigenvalue weighted by molar-refractivity contribution is 7.80. The fourth-order valence-corrected chi connectivity index (χ4v) is 3.02. The molecule has 3 N–H and O–H groups in total. The van der Waals surface area contributed by atoms with Crippen molar-refractivity contribution in [3.05, 3.63) is 0 Å². The second kappa shape index (κ2) is 10.6. The van der Waals surface area contributed by atoms with Crippen molar-refractivity contribution in [1.82, 2.24) is 0 Å². The largest absolute Gasteiger partial charge is 0.344 e. The highest BCUT2D eigenvalue weighted by atomic mass is 32.1. The zero-order valence-corrected chi connectivity index (χ0v) is 14.1. The van der Waals surface area contributed by atoms with Crippen molar-refractivity contribution in [1.29, 1.82) is 0 Å². The first kappa shape index (κ1) is 19.9. The van der Waals surface area contributed by atoms with Crippen molar-refractivity contribution in [2.24, 2.45) is 5.41 Å². The first-order valence-electron chi connectivity index (χ1n) is 6.89. The standard InChI is InChI=1S/C13H28O3S3/c14-13(15,16)8-7-12(4-1-9-17,5-2-10-18)6-3-11-19/h14-19H,1-11H2. The molecule has 116 valence electrons. The summed E-state index contributed by atoms with van der Waals surface area (Å²) < 4.78 is 0. The van der Waals surface area contributed by atoms with E-state index in [9.17, 15) is 0 Å². The van der Waals surface area contributed by atoms with Crippen molar-refractivity contribution in [2.75, 3.05) is 17.3 Å². The maximum atomic E-state index is 9.12. The van der Waals surface area contributed by atoms with Gasteiger partial charge in [-0.2, -0.15) is 37.9 Å². The Morgan fingerprint density at radius 3 is 1.21 bits per heavy atom. The summed E-state index contributed by atoms with van der Waals surface area (Å²) in [5.74, 6) is -0.0851. The molecule has 0 aliphatic carbocycles. The Kier molecular flexibility index (Phi) is 11.1. The minimum absolute atomic E-state index is 0.0152. The molecule has 0 aliphatic heterocycles. The predicted octanol–water partition coefficient (Wildman–Crippen LogP) is 2.51. The molecule has 0 bridgehead atoms. The molecular formula is C13H28O3S3. The van der Waals surface area contributed by atoms with Gasteiger partial charge in [0.25, 0.3) is 5.97 Å². The van der Waals surface area contributed by atoms with E-state index < -0.39 is 5.97 Å². The molecule has 0 radical (unpaired) electrons. The monoisotopic (exact) mass is 328 g/mol. The molecular weight excluding hydrogens is 300 g/mol. The van der Waals surface area contributed by atoms with E-state index in [0.29, 0.717) is 6.42 Å². The summed E-state index contributed by atoms with van der Waals surface area (Å²) >= 11 is 12.8. The van der Waals surface area contributed by atoms with Crippen LogP contribution in [0.5, 0.6) is 0 Å². The van der Waals surface area contributed by atoms with Gasteiger partial charge in [-0.25, -0.2) is 0 Å². The Hall–Kier alpha value is 0.930. The third kappa shape index (κ3) is 10.3. The molecule has 0 aromatic carbocycles. The lowest BCUT2D eigenvalue weighted by Crippen LogP contribution is -2.31. The number of thiol groups is 3. The van der Waals surface area contributed by atoms with Gasteiger partial charge in [0.2, 0.25) is 0 Å². The van der Waals surface area contributed by atoms with Crippen LogP contribution in [0.15, 0.2) is 0 Å². The smallest absolute Gasteiger partial charge is 0.275 e. The van der Waals surface area contributed by atoms with Crippen LogP contribution in [-0.4, -0.2) is 38.6 Å². The first-order valence-corrected chi connectivity index (χ1v) is 8.78. The molecule has 0 saturated heterocycles. The first-order chi connectivity index (χ1) is 8.89. The van der Waals surface area contributed by atoms with E-state index in [0.717, 1.165) is 55.8 Å². The third-order valence-electron chi connectivity index (χ3n) is 3.59. The summed E-state index contributed by atoms with van der Waals surface area (Å²) in [7, 11) is 0. The molecule has 0 atom stereocenters. The van der Waals surface area contributed by atoms with Gasteiger partial charge in [-0.1, -0.05) is 0 Å². The Morgan fingerprint density at radius 1 is 0.579 bits per heavy atom. The Morgan fingerprint density at radius 2 is 0.947 bits per heavy atom. The van der Waals surface area contributed by atoms with Crippen molar-refractivity contribution in [3.8, 4) is 0 Å². The minimum atomic E-state index is -2.56. The highest BCUT2D eigenvalue weighted by Gasteiger charge is 2.32. The van der Waals surface area contributed by atoms with Crippen molar-refractivity contribution >= 4 is 37.9 Å². The predicted molar refractivity (Wildman–Crippen MR) is 90.3 cm³/mol. The average Bonchev–Trinajstić information content (AvgIpc) is 2.36. The van der Waals surface area contributed by atoms with E-state index in [4.69, 9.17) is 15.3 Å². The van der Waals surface area contributed by atoms with Gasteiger partial charge in [0.1, 0.15) is 0 Å². The zero-order chi connectivity index (χ0) is 14.8. The van der Waals surface area contributed by atoms with Gasteiger partial charge in [-0.05, 0) is 67.6 Å². The van der Waals surface area contributed by atoms with Gasteiger partial charge >= 0.3 is 0 Å². The van der Waals surface area contributed by atoms with Gasteiger partial charge in [-0.15, -0.1) is 0 Å². The Bertz CT molecular complexity index is 198. The fourth-order valence-electron chi connectivity index (χ4n) is 2.55. The van der Waals surface area contributed by atoms with Gasteiger partial charge in [-0.3, -0.25) is 0 Å². The second-order valence-corrected chi connectivity index (χ2v) is 6.60. The molecule has 0 fully saturated rings. The van der Waals surface area contributed by atoms with Gasteiger partial charge in [0.15, 0.2) is 0 Å². The summed E-state index contributed by atoms with van der Waals surface area (Å²) in [6, 6.07) is 0. The van der Waals surface area contributed by atoms with Gasteiger partial charge in [0.05, 0.1) is 0 Å². The van der Waals surface area contributed by atoms with Crippen LogP contribution in [0.2, 0.25) is 0 Å². The van der Waals surface area contributed by atoms with Crippen LogP contribution >= 0.6 is 37.9 Å². The van der Waals surface area contributed by atoms with Crippen LogP contribution < -0.4 is 0 Å². The minimum Gasteiger partial charge on any atom is -0.344 e. The highest BCUT2D eigenvalue weighted by Crippen LogP contribution is 2.41. The summed E-state index contributed by atoms with van der Waals surface area (Å²) in [5, 5.41) is 27.4. The summed E-state index contributed by atoms with van der Waals surface area (Å²) in [4.78, 5) is 0. The quantitative estimate of drug-likeness (QED) is 0.246. The molecule has 0 aromatic heterocycles. The van der Waals surface area contributed by atoms with Crippen LogP contribution in [0.3, 0.4) is 0 Å². The second-order valence-electron chi connectivity index (χ2n) is 5.26. The van der Waals surface area contributed by atoms with Gasteiger partial charge < -0.3 is 15.3 Å². The van der Waals surface area contributed by atoms with Crippen molar-refractivity contribution < 1.29 is 15.3 Å². The van der Waals surface area contributed by atoms with Crippen molar-refractivity contribution in [2.45, 2.75) is 57.3 Å². The fraction of sp³-hybridized carbons (Fsp3) is 1.00. The molecule has 0 amide bonds. The summed E-state index contributed by atoms with van der Waals surface area (Å²) in [6.07, 6.45) is 6.56. The molecule has 3 nitrogen and oxygen atoms in total. The summed E-state index contributed by atoms with van der Waals surface area (Å²) in [6.45, 7) is 0. The molecule has 19 heavy (non-hydrogen) atoms. The average molecular weight is 329 g/mol. The lowest BCUT2D eigenvalue weighted by atomic mass is 9.72. The summed E-state index contributed by atoms with van der Waals surface area (Å²) in [5.41, 5.74) is 0.0353. The number of rotatable bonds is 12. The lowest BCUT2D eigenvalue weighted by Gasteiger charge is -2.35. The molecule has 0 rings (SSSR count). The molecule has 0 saturated carbocycles. The normalized spacial score (nSPS) is 12.9. The Labute approximate surface area is 133 Å². The number of aliphatic hydroxyl groups is 3. The zero-order valence-electron chi connectivity index (χ0n) is 11.5. The molecule has 0 aliphatic rings. The molecule has 6 heteroatoms. The van der Waals surface area contributed by atoms with E-state index in [2.05, 4.69) is 37.9 Å². The van der Waals surface area contributed by atoms with Crippen LogP contribution in [0.1, 0.15) is 51.4 Å². The molecule has 0 aromatic rings. The van der Waals surface area contributed by atoms with E-state index in [-0.39, 0.29) is 11.8 Å². The maximum Gasteiger partial charge on any atom is 0.275 e. The number of hydrogen-bond donors (Lipinski definition) is 6. The van der Waals surface area contributed by atoms with Crippen LogP contribution in [0, 0.1) is 5.41 Å².